The fraction of sp³-hybridized carbons (Fsp3) is 0.471. The van der Waals surface area contributed by atoms with Gasteiger partial charge in [-0.15, -0.1) is 0 Å². The first kappa shape index (κ1) is 15.9. The molecule has 24 heavy (non-hydrogen) atoms. The van der Waals surface area contributed by atoms with E-state index in [1.54, 1.807) is 19.1 Å². The van der Waals surface area contributed by atoms with E-state index in [9.17, 15) is 15.8 Å². The molecule has 4 atom stereocenters. The number of nitrogens with one attached hydrogen (secondary N) is 1. The topological polar surface area (TPSA) is 127 Å². The van der Waals surface area contributed by atoms with Crippen LogP contribution in [0.5, 0.6) is 0 Å². The Hall–Kier alpha value is -2.95. The second kappa shape index (κ2) is 5.03. The summed E-state index contributed by atoms with van der Waals surface area (Å²) in [5, 5.41) is 38.1. The summed E-state index contributed by atoms with van der Waals surface area (Å²) in [6, 6.07) is 9.36. The number of aromatic nitrogens is 1. The fourth-order valence-corrected chi connectivity index (χ4v) is 4.06. The van der Waals surface area contributed by atoms with Gasteiger partial charge in [0, 0.05) is 19.3 Å². The Morgan fingerprint density at radius 3 is 2.33 bits per heavy atom. The van der Waals surface area contributed by atoms with Crippen molar-refractivity contribution in [2.24, 2.45) is 16.7 Å². The Morgan fingerprint density at radius 2 is 1.83 bits per heavy atom. The van der Waals surface area contributed by atoms with Gasteiger partial charge in [-0.2, -0.15) is 15.8 Å². The number of fused-ring (bicyclic) bond motifs is 2. The lowest BCUT2D eigenvalue weighted by Crippen LogP contribution is -2.58. The number of hydrogen-bond donors (Lipinski definition) is 1. The van der Waals surface area contributed by atoms with E-state index < -0.39 is 28.6 Å². The lowest BCUT2D eigenvalue weighted by molar-refractivity contribution is -0.273. The van der Waals surface area contributed by atoms with E-state index in [1.165, 1.54) is 12.4 Å². The minimum Gasteiger partial charge on any atom is -0.448 e. The SMILES string of the molecule is CCC1C2(C)OC(=N)C1(C#N)C(C#N)(C#N)C(c1ccncc1)O2. The van der Waals surface area contributed by atoms with Crippen LogP contribution in [0.2, 0.25) is 0 Å². The van der Waals surface area contributed by atoms with Gasteiger partial charge in [0.2, 0.25) is 17.1 Å². The standard InChI is InChI=1S/C17H15N5O2/c1-3-12-15(2)23-13(11-4-6-22-7-5-11)16(8-18,9-19)17(12,10-20)14(21)24-15/h4-7,12-13,21H,3H2,1-2H3. The molecule has 0 spiro atoms. The van der Waals surface area contributed by atoms with Crippen molar-refractivity contribution in [1.29, 1.82) is 21.2 Å². The minimum atomic E-state index is -1.89. The van der Waals surface area contributed by atoms with E-state index in [0.717, 1.165) is 0 Å². The van der Waals surface area contributed by atoms with Crippen LogP contribution < -0.4 is 0 Å². The van der Waals surface area contributed by atoms with Crippen LogP contribution in [-0.2, 0) is 9.47 Å². The Kier molecular flexibility index (Phi) is 3.34. The average Bonchev–Trinajstić information content (AvgIpc) is 2.78. The van der Waals surface area contributed by atoms with Crippen molar-refractivity contribution in [3.63, 3.8) is 0 Å². The van der Waals surface area contributed by atoms with Crippen LogP contribution in [0.1, 0.15) is 31.9 Å². The highest BCUT2D eigenvalue weighted by Gasteiger charge is 2.78. The molecule has 4 unspecified atom stereocenters. The monoisotopic (exact) mass is 321 g/mol. The molecule has 2 aliphatic rings. The van der Waals surface area contributed by atoms with Crippen molar-refractivity contribution < 1.29 is 9.47 Å². The molecule has 2 aliphatic heterocycles. The molecule has 1 aromatic rings. The summed E-state index contributed by atoms with van der Waals surface area (Å²) in [5.74, 6) is -2.22. The number of hydrogen-bond acceptors (Lipinski definition) is 7. The normalized spacial score (nSPS) is 36.0. The Morgan fingerprint density at radius 1 is 1.21 bits per heavy atom. The number of pyridine rings is 1. The van der Waals surface area contributed by atoms with Gasteiger partial charge >= 0.3 is 0 Å². The van der Waals surface area contributed by atoms with Crippen LogP contribution in [-0.4, -0.2) is 16.7 Å². The van der Waals surface area contributed by atoms with Gasteiger partial charge in [0.05, 0.1) is 24.1 Å². The average molecular weight is 321 g/mol. The minimum absolute atomic E-state index is 0.376. The molecule has 0 aliphatic carbocycles. The molecule has 2 fully saturated rings. The summed E-state index contributed by atoms with van der Waals surface area (Å²) < 4.78 is 11.7. The van der Waals surface area contributed by atoms with Gasteiger partial charge in [-0.1, -0.05) is 6.92 Å². The van der Waals surface area contributed by atoms with Crippen LogP contribution in [0.3, 0.4) is 0 Å². The summed E-state index contributed by atoms with van der Waals surface area (Å²) in [5.41, 5.74) is -3.03. The first-order chi connectivity index (χ1) is 11.5. The molecule has 0 saturated carbocycles. The van der Waals surface area contributed by atoms with Gasteiger partial charge in [0.1, 0.15) is 6.10 Å². The maximum absolute atomic E-state index is 9.98. The summed E-state index contributed by atoms with van der Waals surface area (Å²) in [4.78, 5) is 3.93. The van der Waals surface area contributed by atoms with Crippen molar-refractivity contribution in [2.75, 3.05) is 0 Å². The van der Waals surface area contributed by atoms with E-state index >= 15 is 0 Å². The molecule has 7 heteroatoms. The third-order valence-corrected chi connectivity index (χ3v) is 5.13. The van der Waals surface area contributed by atoms with Crippen LogP contribution >= 0.6 is 0 Å². The van der Waals surface area contributed by atoms with Crippen molar-refractivity contribution in [2.45, 2.75) is 32.2 Å². The highest BCUT2D eigenvalue weighted by atomic mass is 16.7. The lowest BCUT2D eigenvalue weighted by atomic mass is 9.53. The van der Waals surface area contributed by atoms with E-state index in [0.29, 0.717) is 12.0 Å². The number of nitriles is 3. The molecular formula is C17H15N5O2. The highest BCUT2D eigenvalue weighted by Crippen LogP contribution is 2.66. The second-order valence-electron chi connectivity index (χ2n) is 6.14. The molecule has 0 amide bonds. The van der Waals surface area contributed by atoms with Crippen molar-refractivity contribution in [3.8, 4) is 18.2 Å². The first-order valence-electron chi connectivity index (χ1n) is 7.55. The van der Waals surface area contributed by atoms with E-state index in [4.69, 9.17) is 14.9 Å². The molecule has 1 aromatic heterocycles. The predicted octanol–water partition coefficient (Wildman–Crippen LogP) is 2.45. The zero-order valence-corrected chi connectivity index (χ0v) is 13.3. The van der Waals surface area contributed by atoms with Gasteiger partial charge < -0.3 is 9.47 Å². The van der Waals surface area contributed by atoms with Crippen molar-refractivity contribution in [3.05, 3.63) is 30.1 Å². The summed E-state index contributed by atoms with van der Waals surface area (Å²) >= 11 is 0. The van der Waals surface area contributed by atoms with Gasteiger partial charge in [-0.25, -0.2) is 0 Å². The van der Waals surface area contributed by atoms with Gasteiger partial charge in [-0.05, 0) is 24.1 Å². The zero-order chi connectivity index (χ0) is 17.6. The zero-order valence-electron chi connectivity index (χ0n) is 13.3. The Bertz CT molecular complexity index is 804. The van der Waals surface area contributed by atoms with E-state index in [1.807, 2.05) is 19.1 Å². The van der Waals surface area contributed by atoms with Crippen LogP contribution in [0, 0.1) is 56.2 Å². The van der Waals surface area contributed by atoms with E-state index in [2.05, 4.69) is 11.1 Å². The molecule has 7 nitrogen and oxygen atoms in total. The second-order valence-corrected chi connectivity index (χ2v) is 6.14. The molecule has 0 radical (unpaired) electrons. The summed E-state index contributed by atoms with van der Waals surface area (Å²) in [7, 11) is 0. The quantitative estimate of drug-likeness (QED) is 0.891. The third kappa shape index (κ3) is 1.56. The summed E-state index contributed by atoms with van der Waals surface area (Å²) in [6.07, 6.45) is 2.46. The molecule has 3 rings (SSSR count). The number of nitrogens with zero attached hydrogens (tertiary/aromatic N) is 4. The fourth-order valence-electron chi connectivity index (χ4n) is 4.06. The molecule has 2 saturated heterocycles. The highest BCUT2D eigenvalue weighted by molar-refractivity contribution is 5.89. The first-order valence-corrected chi connectivity index (χ1v) is 7.55. The van der Waals surface area contributed by atoms with Gasteiger partial charge in [0.15, 0.2) is 5.41 Å². The predicted molar refractivity (Wildman–Crippen MR) is 80.8 cm³/mol. The Labute approximate surface area is 139 Å². The molecular weight excluding hydrogens is 306 g/mol. The van der Waals surface area contributed by atoms with Gasteiger partial charge in [0.25, 0.3) is 0 Å². The molecule has 2 bridgehead atoms. The van der Waals surface area contributed by atoms with Crippen LogP contribution in [0.25, 0.3) is 0 Å². The maximum atomic E-state index is 9.98. The number of ether oxygens (including phenoxy) is 2. The van der Waals surface area contributed by atoms with Crippen LogP contribution in [0.4, 0.5) is 0 Å². The van der Waals surface area contributed by atoms with Crippen molar-refractivity contribution in [1.82, 2.24) is 4.98 Å². The maximum Gasteiger partial charge on any atom is 0.214 e. The summed E-state index contributed by atoms with van der Waals surface area (Å²) in [6.45, 7) is 3.48. The molecule has 120 valence electrons. The Balaban J connectivity index is 2.34. The van der Waals surface area contributed by atoms with Crippen LogP contribution in [0.15, 0.2) is 24.5 Å². The molecule has 1 N–H and O–H groups in total. The largest absolute Gasteiger partial charge is 0.448 e. The molecule has 3 heterocycles. The third-order valence-electron chi connectivity index (χ3n) is 5.13. The van der Waals surface area contributed by atoms with E-state index in [-0.39, 0.29) is 5.90 Å². The van der Waals surface area contributed by atoms with Crippen molar-refractivity contribution >= 4 is 5.90 Å². The van der Waals surface area contributed by atoms with Gasteiger partial charge in [-0.3, -0.25) is 10.4 Å². The lowest BCUT2D eigenvalue weighted by Gasteiger charge is -2.48. The smallest absolute Gasteiger partial charge is 0.214 e. The number of rotatable bonds is 2. The molecule has 0 aromatic carbocycles.